The average molecular weight is 298 g/mol. The Balaban J connectivity index is 2.60. The van der Waals surface area contributed by atoms with Crippen LogP contribution in [0.25, 0.3) is 5.82 Å². The van der Waals surface area contributed by atoms with Crippen LogP contribution in [0.4, 0.5) is 11.5 Å². The summed E-state index contributed by atoms with van der Waals surface area (Å²) in [6.07, 6.45) is 3.15. The minimum atomic E-state index is -0.489. The Hall–Kier alpha value is -1.96. The third-order valence-electron chi connectivity index (χ3n) is 2.08. The molecule has 88 valence electrons. The van der Waals surface area contributed by atoms with E-state index in [1.165, 1.54) is 16.9 Å². The van der Waals surface area contributed by atoms with Gasteiger partial charge in [-0.1, -0.05) is 0 Å². The fourth-order valence-corrected chi connectivity index (χ4v) is 1.59. The number of rotatable bonds is 3. The number of hydrogen-bond acceptors (Lipinski definition) is 5. The van der Waals surface area contributed by atoms with E-state index in [-0.39, 0.29) is 11.5 Å². The average Bonchev–Trinajstić information content (AvgIpc) is 2.75. The SMILES string of the molecule is CNc1ccc([N+](=O)[O-])c(-n2cc(Br)cn2)n1. The van der Waals surface area contributed by atoms with E-state index in [1.807, 2.05) is 0 Å². The van der Waals surface area contributed by atoms with Crippen LogP contribution in [-0.4, -0.2) is 26.7 Å². The third-order valence-corrected chi connectivity index (χ3v) is 2.48. The number of hydrogen-bond donors (Lipinski definition) is 1. The van der Waals surface area contributed by atoms with Crippen molar-refractivity contribution in [3.05, 3.63) is 39.1 Å². The van der Waals surface area contributed by atoms with Gasteiger partial charge in [0.15, 0.2) is 0 Å². The molecule has 0 aromatic carbocycles. The van der Waals surface area contributed by atoms with E-state index in [9.17, 15) is 10.1 Å². The van der Waals surface area contributed by atoms with Crippen LogP contribution in [0, 0.1) is 10.1 Å². The maximum Gasteiger partial charge on any atom is 0.313 e. The first kappa shape index (κ1) is 11.5. The normalized spacial score (nSPS) is 10.2. The topological polar surface area (TPSA) is 85.9 Å². The molecule has 0 radical (unpaired) electrons. The smallest absolute Gasteiger partial charge is 0.313 e. The van der Waals surface area contributed by atoms with Crippen molar-refractivity contribution in [2.45, 2.75) is 0 Å². The van der Waals surface area contributed by atoms with E-state index in [1.54, 1.807) is 19.3 Å². The van der Waals surface area contributed by atoms with Crippen molar-refractivity contribution in [2.24, 2.45) is 0 Å². The predicted octanol–water partition coefficient (Wildman–Crippen LogP) is 1.98. The zero-order valence-electron chi connectivity index (χ0n) is 8.79. The number of nitrogens with zero attached hydrogens (tertiary/aromatic N) is 4. The van der Waals surface area contributed by atoms with Gasteiger partial charge >= 0.3 is 5.69 Å². The van der Waals surface area contributed by atoms with Gasteiger partial charge in [-0.2, -0.15) is 5.10 Å². The number of pyridine rings is 1. The molecule has 17 heavy (non-hydrogen) atoms. The van der Waals surface area contributed by atoms with Crippen LogP contribution in [0.15, 0.2) is 29.0 Å². The lowest BCUT2D eigenvalue weighted by molar-refractivity contribution is -0.384. The molecule has 0 atom stereocenters. The molecule has 1 N–H and O–H groups in total. The number of anilines is 1. The molecule has 0 unspecified atom stereocenters. The summed E-state index contributed by atoms with van der Waals surface area (Å²) in [5.74, 6) is 0.713. The number of aromatic nitrogens is 3. The van der Waals surface area contributed by atoms with Gasteiger partial charge in [0, 0.05) is 19.3 Å². The van der Waals surface area contributed by atoms with Crippen LogP contribution in [0.1, 0.15) is 0 Å². The van der Waals surface area contributed by atoms with Gasteiger partial charge in [-0.25, -0.2) is 9.67 Å². The molecule has 8 heteroatoms. The summed E-state index contributed by atoms with van der Waals surface area (Å²) in [6, 6.07) is 2.93. The fraction of sp³-hybridized carbons (Fsp3) is 0.111. The Kier molecular flexibility index (Phi) is 3.05. The van der Waals surface area contributed by atoms with Gasteiger partial charge in [0.05, 0.1) is 15.6 Å². The summed E-state index contributed by atoms with van der Waals surface area (Å²) in [7, 11) is 1.69. The van der Waals surface area contributed by atoms with Crippen LogP contribution in [0.5, 0.6) is 0 Å². The van der Waals surface area contributed by atoms with E-state index in [2.05, 4.69) is 31.3 Å². The highest BCUT2D eigenvalue weighted by atomic mass is 79.9. The molecule has 0 fully saturated rings. The predicted molar refractivity (Wildman–Crippen MR) is 65.3 cm³/mol. The van der Waals surface area contributed by atoms with Crippen LogP contribution in [0.3, 0.4) is 0 Å². The van der Waals surface area contributed by atoms with E-state index >= 15 is 0 Å². The van der Waals surface area contributed by atoms with Crippen LogP contribution >= 0.6 is 15.9 Å². The Bertz CT molecular complexity index is 568. The Morgan fingerprint density at radius 1 is 1.53 bits per heavy atom. The Morgan fingerprint density at radius 3 is 2.82 bits per heavy atom. The van der Waals surface area contributed by atoms with Gasteiger partial charge < -0.3 is 5.32 Å². The summed E-state index contributed by atoms with van der Waals surface area (Å²) >= 11 is 3.23. The minimum absolute atomic E-state index is 0.0976. The first-order chi connectivity index (χ1) is 8.11. The fourth-order valence-electron chi connectivity index (χ4n) is 1.31. The van der Waals surface area contributed by atoms with Gasteiger partial charge in [0.2, 0.25) is 5.82 Å². The zero-order valence-corrected chi connectivity index (χ0v) is 10.4. The molecular weight excluding hydrogens is 290 g/mol. The second-order valence-corrected chi connectivity index (χ2v) is 4.07. The first-order valence-corrected chi connectivity index (χ1v) is 5.45. The molecule has 0 bridgehead atoms. The molecule has 0 spiro atoms. The summed E-state index contributed by atoms with van der Waals surface area (Å²) < 4.78 is 2.08. The highest BCUT2D eigenvalue weighted by Gasteiger charge is 2.18. The van der Waals surface area contributed by atoms with Gasteiger partial charge in [-0.15, -0.1) is 0 Å². The van der Waals surface area contributed by atoms with Crippen LogP contribution in [-0.2, 0) is 0 Å². The van der Waals surface area contributed by atoms with E-state index < -0.39 is 4.92 Å². The lowest BCUT2D eigenvalue weighted by Gasteiger charge is -2.04. The lowest BCUT2D eigenvalue weighted by atomic mass is 10.3. The molecule has 7 nitrogen and oxygen atoms in total. The van der Waals surface area contributed by atoms with E-state index in [0.29, 0.717) is 5.82 Å². The van der Waals surface area contributed by atoms with Crippen LogP contribution in [0.2, 0.25) is 0 Å². The summed E-state index contributed by atoms with van der Waals surface area (Å²) in [6.45, 7) is 0. The van der Waals surface area contributed by atoms with E-state index in [4.69, 9.17) is 0 Å². The molecule has 0 saturated heterocycles. The lowest BCUT2D eigenvalue weighted by Crippen LogP contribution is -2.05. The maximum atomic E-state index is 10.9. The van der Waals surface area contributed by atoms with Crippen molar-refractivity contribution in [2.75, 3.05) is 12.4 Å². The number of nitrogens with one attached hydrogen (secondary N) is 1. The highest BCUT2D eigenvalue weighted by Crippen LogP contribution is 2.23. The molecule has 0 aliphatic heterocycles. The monoisotopic (exact) mass is 297 g/mol. The summed E-state index contributed by atoms with van der Waals surface area (Å²) in [4.78, 5) is 14.5. The second-order valence-electron chi connectivity index (χ2n) is 3.15. The molecule has 2 aromatic rings. The summed E-state index contributed by atoms with van der Waals surface area (Å²) in [5.41, 5.74) is -0.0976. The molecular formula is C9H8BrN5O2. The Labute approximate surface area is 105 Å². The largest absolute Gasteiger partial charge is 0.373 e. The quantitative estimate of drug-likeness (QED) is 0.691. The van der Waals surface area contributed by atoms with Crippen molar-refractivity contribution >= 4 is 27.4 Å². The molecule has 0 saturated carbocycles. The third kappa shape index (κ3) is 2.26. The van der Waals surface area contributed by atoms with E-state index in [0.717, 1.165) is 4.47 Å². The van der Waals surface area contributed by atoms with Crippen molar-refractivity contribution in [1.82, 2.24) is 14.8 Å². The minimum Gasteiger partial charge on any atom is -0.373 e. The maximum absolute atomic E-state index is 10.9. The molecule has 2 heterocycles. The van der Waals surface area contributed by atoms with Crippen LogP contribution < -0.4 is 5.32 Å². The van der Waals surface area contributed by atoms with Gasteiger partial charge in [0.1, 0.15) is 5.82 Å². The van der Waals surface area contributed by atoms with Crippen molar-refractivity contribution < 1.29 is 4.92 Å². The van der Waals surface area contributed by atoms with Crippen molar-refractivity contribution in [3.63, 3.8) is 0 Å². The number of halogens is 1. The second kappa shape index (κ2) is 4.50. The summed E-state index contributed by atoms with van der Waals surface area (Å²) in [5, 5.41) is 17.7. The molecule has 0 amide bonds. The first-order valence-electron chi connectivity index (χ1n) is 4.65. The van der Waals surface area contributed by atoms with Crippen molar-refractivity contribution in [1.29, 1.82) is 0 Å². The Morgan fingerprint density at radius 2 is 2.29 bits per heavy atom. The molecule has 2 aromatic heterocycles. The van der Waals surface area contributed by atoms with Gasteiger partial charge in [-0.05, 0) is 22.0 Å². The number of nitro groups is 1. The molecule has 2 rings (SSSR count). The highest BCUT2D eigenvalue weighted by molar-refractivity contribution is 9.10. The standard InChI is InChI=1S/C9H8BrN5O2/c1-11-8-3-2-7(15(16)17)9(13-8)14-5-6(10)4-12-14/h2-5H,1H3,(H,11,13). The molecule has 0 aliphatic carbocycles. The van der Waals surface area contributed by atoms with Gasteiger partial charge in [0.25, 0.3) is 0 Å². The van der Waals surface area contributed by atoms with Crippen molar-refractivity contribution in [3.8, 4) is 5.82 Å². The molecule has 0 aliphatic rings. The van der Waals surface area contributed by atoms with Gasteiger partial charge in [-0.3, -0.25) is 10.1 Å². The zero-order chi connectivity index (χ0) is 12.4.